The van der Waals surface area contributed by atoms with Gasteiger partial charge in [0.1, 0.15) is 12.4 Å². The van der Waals surface area contributed by atoms with Gasteiger partial charge in [0.2, 0.25) is 0 Å². The molecular weight excluding hydrogens is 240 g/mol. The summed E-state index contributed by atoms with van der Waals surface area (Å²) in [6.07, 6.45) is 5.47. The van der Waals surface area contributed by atoms with Crippen molar-refractivity contribution in [2.75, 3.05) is 5.75 Å². The summed E-state index contributed by atoms with van der Waals surface area (Å²) in [7, 11) is 0.0285. The first kappa shape index (κ1) is 15.9. The van der Waals surface area contributed by atoms with Crippen molar-refractivity contribution in [3.8, 4) is 0 Å². The van der Waals surface area contributed by atoms with Gasteiger partial charge in [0, 0.05) is 6.92 Å². The highest BCUT2D eigenvalue weighted by atomic mass is 32.2. The molecule has 5 nitrogen and oxygen atoms in total. The minimum absolute atomic E-state index is 0.394. The van der Waals surface area contributed by atoms with Crippen LogP contribution >= 0.6 is 0 Å². The summed E-state index contributed by atoms with van der Waals surface area (Å²) in [5, 5.41) is 0. The van der Waals surface area contributed by atoms with E-state index in [0.717, 1.165) is 5.57 Å². The summed E-state index contributed by atoms with van der Waals surface area (Å²) >= 11 is 0. The van der Waals surface area contributed by atoms with Gasteiger partial charge in [-0.25, -0.2) is 17.6 Å². The topological polar surface area (TPSA) is 66.0 Å². The minimum Gasteiger partial charge on any atom is -0.748 e. The largest absolute Gasteiger partial charge is 0.748 e. The average Bonchev–Trinajstić information content (AvgIpc) is 2.47. The summed E-state index contributed by atoms with van der Waals surface area (Å²) in [5.41, 5.74) is 0.842. The van der Waals surface area contributed by atoms with Crippen molar-refractivity contribution in [1.29, 1.82) is 0 Å². The summed E-state index contributed by atoms with van der Waals surface area (Å²) in [4.78, 5) is 0. The van der Waals surface area contributed by atoms with Crippen LogP contribution in [0.15, 0.2) is 24.0 Å². The van der Waals surface area contributed by atoms with Gasteiger partial charge in [-0.3, -0.25) is 0 Å². The Bertz CT molecular complexity index is 463. The van der Waals surface area contributed by atoms with E-state index in [2.05, 4.69) is 16.1 Å². The Morgan fingerprint density at radius 3 is 2.18 bits per heavy atom. The van der Waals surface area contributed by atoms with E-state index in [0.29, 0.717) is 0 Å². The highest BCUT2D eigenvalue weighted by Gasteiger charge is 2.00. The Kier molecular flexibility index (Phi) is 6.12. The lowest BCUT2D eigenvalue weighted by atomic mass is 10.3. The number of aromatic nitrogens is 2. The third-order valence-corrected chi connectivity index (χ3v) is 2.81. The zero-order chi connectivity index (χ0) is 13.6. The van der Waals surface area contributed by atoms with Crippen LogP contribution in [0, 0.1) is 6.92 Å². The number of rotatable bonds is 2. The van der Waals surface area contributed by atoms with E-state index in [1.165, 1.54) is 11.9 Å². The molecular formula is C11H20N2O3S. The van der Waals surface area contributed by atoms with Crippen molar-refractivity contribution in [3.63, 3.8) is 0 Å². The molecule has 0 spiro atoms. The number of hydrogen-bond acceptors (Lipinski definition) is 3. The first-order chi connectivity index (χ1) is 7.63. The second kappa shape index (κ2) is 6.56. The smallest absolute Gasteiger partial charge is 0.252 e. The number of nitrogens with zero attached hydrogens (tertiary/aromatic N) is 2. The van der Waals surface area contributed by atoms with E-state index in [1.807, 2.05) is 26.5 Å². The summed E-state index contributed by atoms with van der Waals surface area (Å²) < 4.78 is 34.0. The maximum absolute atomic E-state index is 9.94. The van der Waals surface area contributed by atoms with Gasteiger partial charge in [-0.2, -0.15) is 0 Å². The summed E-state index contributed by atoms with van der Waals surface area (Å²) in [6.45, 7) is 5.57. The fourth-order valence-electron chi connectivity index (χ4n) is 0.933. The van der Waals surface area contributed by atoms with E-state index in [-0.39, 0.29) is 0 Å². The highest BCUT2D eigenvalue weighted by Crippen LogP contribution is 1.90. The normalized spacial score (nSPS) is 10.5. The molecule has 0 saturated carbocycles. The molecule has 0 amide bonds. The number of aryl methyl sites for hydroxylation is 2. The van der Waals surface area contributed by atoms with Gasteiger partial charge in [0.05, 0.1) is 30.0 Å². The van der Waals surface area contributed by atoms with Gasteiger partial charge in [-0.1, -0.05) is 11.6 Å². The fourth-order valence-corrected chi connectivity index (χ4v) is 1.47. The Balaban J connectivity index is 0.000000302. The lowest BCUT2D eigenvalue weighted by Crippen LogP contribution is -2.29. The van der Waals surface area contributed by atoms with Crippen LogP contribution in [0.4, 0.5) is 0 Å². The maximum Gasteiger partial charge on any atom is 0.252 e. The lowest BCUT2D eigenvalue weighted by molar-refractivity contribution is -0.677. The van der Waals surface area contributed by atoms with Crippen LogP contribution in [0.5, 0.6) is 0 Å². The Morgan fingerprint density at radius 1 is 1.53 bits per heavy atom. The molecule has 1 rings (SSSR count). The van der Waals surface area contributed by atoms with Crippen LogP contribution < -0.4 is 4.57 Å². The summed E-state index contributed by atoms with van der Waals surface area (Å²) in [6, 6.07) is 0. The third kappa shape index (κ3) is 7.70. The molecule has 0 N–H and O–H groups in total. The third-order valence-electron chi connectivity index (χ3n) is 2.23. The zero-order valence-corrected chi connectivity index (χ0v) is 11.8. The molecule has 0 aliphatic carbocycles. The second-order valence-corrected chi connectivity index (χ2v) is 5.52. The Hall–Kier alpha value is -1.14. The first-order valence-electron chi connectivity index (χ1n) is 5.18. The maximum atomic E-state index is 9.94. The minimum atomic E-state index is -4.05. The molecule has 0 saturated heterocycles. The molecule has 0 bridgehead atoms. The molecule has 0 radical (unpaired) electrons. The molecule has 0 fully saturated rings. The average molecular weight is 260 g/mol. The van der Waals surface area contributed by atoms with Gasteiger partial charge in [0.25, 0.3) is 5.82 Å². The van der Waals surface area contributed by atoms with Crippen LogP contribution in [-0.4, -0.2) is 23.3 Å². The molecule has 1 aromatic rings. The number of imidazole rings is 1. The van der Waals surface area contributed by atoms with Crippen LogP contribution in [0.25, 0.3) is 0 Å². The van der Waals surface area contributed by atoms with E-state index in [1.54, 1.807) is 13.8 Å². The predicted molar refractivity (Wildman–Crippen MR) is 65.3 cm³/mol. The van der Waals surface area contributed by atoms with Crippen molar-refractivity contribution < 1.29 is 17.5 Å². The van der Waals surface area contributed by atoms with Crippen molar-refractivity contribution in [2.24, 2.45) is 14.1 Å². The Morgan fingerprint density at radius 2 is 2.06 bits per heavy atom. The SMILES string of the molecule is CC(C)=CCS(=O)(=O)[O-].Cc1n(C)cc[n+]1C. The molecule has 17 heavy (non-hydrogen) atoms. The van der Waals surface area contributed by atoms with E-state index >= 15 is 0 Å². The van der Waals surface area contributed by atoms with Crippen LogP contribution in [0.1, 0.15) is 19.7 Å². The standard InChI is InChI=1S/C6H11N2.C5H10O3S/c1-6-7(2)4-5-8(6)3;1-5(2)3-4-9(6,7)8/h4-5H,1-3H3;3H,4H2,1-2H3,(H,6,7,8)/q+1;/p-1. The molecule has 98 valence electrons. The van der Waals surface area contributed by atoms with Gasteiger partial charge in [-0.15, -0.1) is 0 Å². The molecule has 0 aliphatic heterocycles. The molecule has 0 atom stereocenters. The fraction of sp³-hybridized carbons (Fsp3) is 0.545. The highest BCUT2D eigenvalue weighted by molar-refractivity contribution is 7.85. The molecule has 0 aliphatic rings. The molecule has 6 heteroatoms. The lowest BCUT2D eigenvalue weighted by Gasteiger charge is -2.01. The van der Waals surface area contributed by atoms with Crippen molar-refractivity contribution in [3.05, 3.63) is 29.9 Å². The van der Waals surface area contributed by atoms with Crippen LogP contribution in [0.3, 0.4) is 0 Å². The van der Waals surface area contributed by atoms with Gasteiger partial charge in [-0.05, 0) is 13.8 Å². The molecule has 0 aromatic carbocycles. The zero-order valence-electron chi connectivity index (χ0n) is 11.0. The van der Waals surface area contributed by atoms with Crippen molar-refractivity contribution in [2.45, 2.75) is 20.8 Å². The van der Waals surface area contributed by atoms with Crippen LogP contribution in [-0.2, 0) is 24.2 Å². The molecule has 0 unspecified atom stereocenters. The van der Waals surface area contributed by atoms with Gasteiger partial charge in [0.15, 0.2) is 0 Å². The van der Waals surface area contributed by atoms with Gasteiger partial charge < -0.3 is 4.55 Å². The summed E-state index contributed by atoms with van der Waals surface area (Å²) in [5.74, 6) is 0.875. The van der Waals surface area contributed by atoms with E-state index < -0.39 is 15.9 Å². The quantitative estimate of drug-likeness (QED) is 0.445. The monoisotopic (exact) mass is 260 g/mol. The second-order valence-electron chi connectivity index (χ2n) is 4.07. The first-order valence-corrected chi connectivity index (χ1v) is 6.75. The van der Waals surface area contributed by atoms with Crippen LogP contribution in [0.2, 0.25) is 0 Å². The van der Waals surface area contributed by atoms with E-state index in [4.69, 9.17) is 0 Å². The Labute approximate surface area is 103 Å². The number of hydrogen-bond donors (Lipinski definition) is 0. The van der Waals surface area contributed by atoms with Gasteiger partial charge >= 0.3 is 0 Å². The predicted octanol–water partition coefficient (Wildman–Crippen LogP) is 0.656. The van der Waals surface area contributed by atoms with E-state index in [9.17, 15) is 13.0 Å². The van der Waals surface area contributed by atoms with Crippen molar-refractivity contribution >= 4 is 10.1 Å². The molecule has 1 aromatic heterocycles. The van der Waals surface area contributed by atoms with Crippen molar-refractivity contribution in [1.82, 2.24) is 4.57 Å². The number of allylic oxidation sites excluding steroid dienone is 1. The molecule has 1 heterocycles.